The highest BCUT2D eigenvalue weighted by Crippen LogP contribution is 2.31. The molecule has 4 rings (SSSR count). The van der Waals surface area contributed by atoms with E-state index in [-0.39, 0.29) is 29.7 Å². The molecule has 0 radical (unpaired) electrons. The average molecular weight is 477 g/mol. The number of aryl methyl sites for hydroxylation is 2. The zero-order valence-electron chi connectivity index (χ0n) is 17.3. The summed E-state index contributed by atoms with van der Waals surface area (Å²) in [6, 6.07) is 10.5. The normalized spacial score (nSPS) is 11.2. The first-order valence-corrected chi connectivity index (χ1v) is 10.9. The highest BCUT2D eigenvalue weighted by atomic mass is 35.5. The van der Waals surface area contributed by atoms with Gasteiger partial charge in [0.05, 0.1) is 16.9 Å². The smallest absolute Gasteiger partial charge is 0.266 e. The van der Waals surface area contributed by atoms with E-state index in [0.717, 1.165) is 28.8 Å². The Kier molecular flexibility index (Phi) is 6.38. The van der Waals surface area contributed by atoms with Gasteiger partial charge in [-0.25, -0.2) is 13.8 Å². The summed E-state index contributed by atoms with van der Waals surface area (Å²) in [5.41, 5.74) is 1.84. The number of nitrogens with zero attached hydrogens (tertiary/aromatic N) is 4. The number of fused-ring (bicyclic) bond motifs is 1. The molecule has 2 heterocycles. The second-order valence-electron chi connectivity index (χ2n) is 7.17. The van der Waals surface area contributed by atoms with Gasteiger partial charge in [0.2, 0.25) is 0 Å². The molecule has 6 nitrogen and oxygen atoms in total. The van der Waals surface area contributed by atoms with Crippen LogP contribution in [-0.4, -0.2) is 33.8 Å². The molecule has 10 heteroatoms. The third kappa shape index (κ3) is 4.89. The van der Waals surface area contributed by atoms with Crippen LogP contribution < -0.4 is 9.64 Å². The van der Waals surface area contributed by atoms with Gasteiger partial charge in [0.25, 0.3) is 5.91 Å². The molecule has 4 aromatic rings. The van der Waals surface area contributed by atoms with Gasteiger partial charge in [0, 0.05) is 23.3 Å². The van der Waals surface area contributed by atoms with Crippen LogP contribution in [0.4, 0.5) is 13.9 Å². The van der Waals surface area contributed by atoms with Crippen LogP contribution >= 0.6 is 22.9 Å². The third-order valence-electron chi connectivity index (χ3n) is 4.75. The van der Waals surface area contributed by atoms with Crippen LogP contribution in [0.5, 0.6) is 5.75 Å². The molecule has 2 aromatic heterocycles. The van der Waals surface area contributed by atoms with Crippen molar-refractivity contribution in [2.75, 3.05) is 18.1 Å². The zero-order valence-corrected chi connectivity index (χ0v) is 18.9. The molecular weight excluding hydrogens is 458 g/mol. The molecule has 2 aromatic carbocycles. The Balaban J connectivity index is 1.59. The maximum Gasteiger partial charge on any atom is 0.266 e. The van der Waals surface area contributed by atoms with Crippen molar-refractivity contribution in [2.24, 2.45) is 0 Å². The van der Waals surface area contributed by atoms with Gasteiger partial charge >= 0.3 is 0 Å². The van der Waals surface area contributed by atoms with Gasteiger partial charge in [-0.1, -0.05) is 22.9 Å². The van der Waals surface area contributed by atoms with Crippen LogP contribution in [0.15, 0.2) is 42.5 Å². The largest absolute Gasteiger partial charge is 0.484 e. The maximum atomic E-state index is 14.2. The standard InChI is InChI=1S/C22H19ClF2N4O2S/c1-13-9-14(2)29(27-13)8-7-28(20(30)12-31-17-5-3-15(23)4-6-17)22-26-21-18(25)10-16(24)11-19(21)32-22/h3-6,9-11H,7-8,12H2,1-2H3. The number of ether oxygens (including phenoxy) is 1. The van der Waals surface area contributed by atoms with Crippen molar-refractivity contribution >= 4 is 44.2 Å². The van der Waals surface area contributed by atoms with Gasteiger partial charge in [0.15, 0.2) is 17.6 Å². The minimum absolute atomic E-state index is 0.0222. The summed E-state index contributed by atoms with van der Waals surface area (Å²) >= 11 is 6.92. The van der Waals surface area contributed by atoms with Crippen molar-refractivity contribution in [3.63, 3.8) is 0 Å². The lowest BCUT2D eigenvalue weighted by Crippen LogP contribution is -2.37. The SMILES string of the molecule is Cc1cc(C)n(CCN(C(=O)COc2ccc(Cl)cc2)c2nc3c(F)cc(F)cc3s2)n1. The number of hydrogen-bond acceptors (Lipinski definition) is 5. The summed E-state index contributed by atoms with van der Waals surface area (Å²) in [5, 5.41) is 5.23. The fraction of sp³-hybridized carbons (Fsp3) is 0.227. The van der Waals surface area contributed by atoms with Crippen LogP contribution in [0.25, 0.3) is 10.2 Å². The molecule has 0 saturated heterocycles. The fourth-order valence-electron chi connectivity index (χ4n) is 3.24. The molecule has 0 spiro atoms. The Bertz CT molecular complexity index is 1270. The van der Waals surface area contributed by atoms with E-state index in [4.69, 9.17) is 16.3 Å². The average Bonchev–Trinajstić information content (AvgIpc) is 3.30. The Labute approximate surface area is 192 Å². The molecule has 0 unspecified atom stereocenters. The maximum absolute atomic E-state index is 14.2. The minimum atomic E-state index is -0.772. The fourth-order valence-corrected chi connectivity index (χ4v) is 4.41. The van der Waals surface area contributed by atoms with E-state index < -0.39 is 11.6 Å². The number of rotatable bonds is 7. The van der Waals surface area contributed by atoms with Crippen LogP contribution in [0, 0.1) is 25.5 Å². The molecule has 0 fully saturated rings. The van der Waals surface area contributed by atoms with Crippen molar-refractivity contribution in [1.82, 2.24) is 14.8 Å². The summed E-state index contributed by atoms with van der Waals surface area (Å²) < 4.78 is 35.5. The Morgan fingerprint density at radius 1 is 1.19 bits per heavy atom. The van der Waals surface area contributed by atoms with Crippen LogP contribution in [0.1, 0.15) is 11.4 Å². The third-order valence-corrected chi connectivity index (χ3v) is 6.03. The predicted octanol–water partition coefficient (Wildman–Crippen LogP) is 5.15. The van der Waals surface area contributed by atoms with Gasteiger partial charge in [-0.15, -0.1) is 0 Å². The Morgan fingerprint density at radius 2 is 1.94 bits per heavy atom. The lowest BCUT2D eigenvalue weighted by molar-refractivity contribution is -0.120. The van der Waals surface area contributed by atoms with Crippen LogP contribution in [-0.2, 0) is 11.3 Å². The van der Waals surface area contributed by atoms with Gasteiger partial charge in [-0.05, 0) is 50.2 Å². The summed E-state index contributed by atoms with van der Waals surface area (Å²) in [6.07, 6.45) is 0. The van der Waals surface area contributed by atoms with E-state index in [0.29, 0.717) is 22.0 Å². The highest BCUT2D eigenvalue weighted by Gasteiger charge is 2.22. The zero-order chi connectivity index (χ0) is 22.8. The Morgan fingerprint density at radius 3 is 2.62 bits per heavy atom. The van der Waals surface area contributed by atoms with Crippen LogP contribution in [0.2, 0.25) is 5.02 Å². The molecule has 166 valence electrons. The van der Waals surface area contributed by atoms with Crippen molar-refractivity contribution in [3.05, 3.63) is 70.5 Å². The summed E-state index contributed by atoms with van der Waals surface area (Å²) in [6.45, 7) is 4.18. The molecular formula is C22H19ClF2N4O2S. The quantitative estimate of drug-likeness (QED) is 0.370. The molecule has 0 bridgehead atoms. The van der Waals surface area contributed by atoms with Crippen molar-refractivity contribution < 1.29 is 18.3 Å². The van der Waals surface area contributed by atoms with Gasteiger partial charge in [-0.3, -0.25) is 14.4 Å². The molecule has 1 amide bonds. The second-order valence-corrected chi connectivity index (χ2v) is 8.61. The monoisotopic (exact) mass is 476 g/mol. The van der Waals surface area contributed by atoms with E-state index in [2.05, 4.69) is 10.1 Å². The summed E-state index contributed by atoms with van der Waals surface area (Å²) in [4.78, 5) is 18.7. The second kappa shape index (κ2) is 9.22. The predicted molar refractivity (Wildman–Crippen MR) is 121 cm³/mol. The van der Waals surface area contributed by atoms with E-state index in [9.17, 15) is 13.6 Å². The number of carbonyl (C=O) groups excluding carboxylic acids is 1. The molecule has 0 aliphatic rings. The number of amides is 1. The van der Waals surface area contributed by atoms with E-state index >= 15 is 0 Å². The van der Waals surface area contributed by atoms with E-state index in [1.165, 1.54) is 11.0 Å². The first kappa shape index (κ1) is 22.2. The van der Waals surface area contributed by atoms with Crippen LogP contribution in [0.3, 0.4) is 0 Å². The number of halogens is 3. The van der Waals surface area contributed by atoms with Gasteiger partial charge in [0.1, 0.15) is 17.1 Å². The summed E-state index contributed by atoms with van der Waals surface area (Å²) in [5.74, 6) is -1.36. The molecule has 32 heavy (non-hydrogen) atoms. The Hall–Kier alpha value is -3.04. The van der Waals surface area contributed by atoms with Crippen molar-refractivity contribution in [1.29, 1.82) is 0 Å². The number of thiazole rings is 1. The minimum Gasteiger partial charge on any atom is -0.484 e. The van der Waals surface area contributed by atoms with Crippen molar-refractivity contribution in [2.45, 2.75) is 20.4 Å². The van der Waals surface area contributed by atoms with E-state index in [1.54, 1.807) is 28.9 Å². The first-order valence-electron chi connectivity index (χ1n) is 9.75. The number of aromatic nitrogens is 3. The number of anilines is 1. The lowest BCUT2D eigenvalue weighted by Gasteiger charge is -2.20. The number of hydrogen-bond donors (Lipinski definition) is 0. The van der Waals surface area contributed by atoms with Gasteiger partial charge in [-0.2, -0.15) is 5.10 Å². The highest BCUT2D eigenvalue weighted by molar-refractivity contribution is 7.22. The van der Waals surface area contributed by atoms with E-state index in [1.807, 2.05) is 19.9 Å². The molecule has 0 saturated carbocycles. The first-order chi connectivity index (χ1) is 15.3. The number of benzene rings is 2. The lowest BCUT2D eigenvalue weighted by atomic mass is 10.3. The molecule has 0 atom stereocenters. The molecule has 0 N–H and O–H groups in total. The molecule has 0 aliphatic heterocycles. The molecule has 0 aliphatic carbocycles. The summed E-state index contributed by atoms with van der Waals surface area (Å²) in [7, 11) is 0. The van der Waals surface area contributed by atoms with Gasteiger partial charge < -0.3 is 4.74 Å². The van der Waals surface area contributed by atoms with Crippen molar-refractivity contribution in [3.8, 4) is 5.75 Å². The topological polar surface area (TPSA) is 60.2 Å². The number of carbonyl (C=O) groups is 1.